The summed E-state index contributed by atoms with van der Waals surface area (Å²) in [5.74, 6) is 0.730. The van der Waals surface area contributed by atoms with E-state index in [9.17, 15) is 9.59 Å². The van der Waals surface area contributed by atoms with Crippen LogP contribution in [0.15, 0.2) is 39.2 Å². The third kappa shape index (κ3) is 3.45. The third-order valence-electron chi connectivity index (χ3n) is 4.63. The molecule has 0 bridgehead atoms. The molecule has 0 fully saturated rings. The molecule has 1 aromatic carbocycles. The molecule has 0 unspecified atom stereocenters. The Labute approximate surface area is 155 Å². The molecule has 6 nitrogen and oxygen atoms in total. The number of fused-ring (bicyclic) bond motifs is 1. The maximum Gasteiger partial charge on any atom is 0.329 e. The Balaban J connectivity index is 2.09. The summed E-state index contributed by atoms with van der Waals surface area (Å²) in [5.41, 5.74) is 1.13. The van der Waals surface area contributed by atoms with E-state index in [0.717, 1.165) is 30.0 Å². The van der Waals surface area contributed by atoms with Gasteiger partial charge in [0.05, 0.1) is 12.5 Å². The van der Waals surface area contributed by atoms with Gasteiger partial charge in [0.2, 0.25) is 0 Å². The molecule has 2 heterocycles. The van der Waals surface area contributed by atoms with Crippen molar-refractivity contribution in [2.24, 2.45) is 0 Å². The van der Waals surface area contributed by atoms with Crippen molar-refractivity contribution in [3.63, 3.8) is 0 Å². The molecular weight excluding hydrogens is 350 g/mol. The fourth-order valence-electron chi connectivity index (χ4n) is 3.04. The van der Waals surface area contributed by atoms with Gasteiger partial charge < -0.3 is 9.64 Å². The van der Waals surface area contributed by atoms with Crippen LogP contribution in [-0.4, -0.2) is 41.2 Å². The van der Waals surface area contributed by atoms with Crippen molar-refractivity contribution in [3.05, 3.63) is 50.5 Å². The fraction of sp³-hybridized carbons (Fsp3) is 0.368. The molecule has 3 aromatic rings. The second-order valence-corrected chi connectivity index (χ2v) is 6.88. The number of hydrogen-bond acceptors (Lipinski definition) is 5. The summed E-state index contributed by atoms with van der Waals surface area (Å²) in [4.78, 5) is 31.1. The number of hydrogen-bond donors (Lipinski definition) is 1. The highest BCUT2D eigenvalue weighted by atomic mass is 32.1. The molecule has 3 rings (SSSR count). The number of nitrogens with zero attached hydrogens (tertiary/aromatic N) is 2. The summed E-state index contributed by atoms with van der Waals surface area (Å²) in [6.45, 7) is 6.95. The minimum atomic E-state index is -0.353. The summed E-state index contributed by atoms with van der Waals surface area (Å²) < 4.78 is 6.59. The molecule has 0 aliphatic rings. The monoisotopic (exact) mass is 373 g/mol. The second-order valence-electron chi connectivity index (χ2n) is 6.00. The van der Waals surface area contributed by atoms with Crippen LogP contribution in [0.3, 0.4) is 0 Å². The first kappa shape index (κ1) is 18.4. The number of methoxy groups -OCH3 is 1. The van der Waals surface area contributed by atoms with E-state index < -0.39 is 0 Å². The van der Waals surface area contributed by atoms with Crippen LogP contribution in [0.5, 0.6) is 5.75 Å². The third-order valence-corrected chi connectivity index (χ3v) is 5.53. The van der Waals surface area contributed by atoms with Crippen LogP contribution in [-0.2, 0) is 6.54 Å². The van der Waals surface area contributed by atoms with Crippen LogP contribution in [0, 0.1) is 0 Å². The quantitative estimate of drug-likeness (QED) is 0.692. The maximum absolute atomic E-state index is 13.0. The number of aromatic amines is 1. The number of aromatic nitrogens is 2. The number of H-pyrrole nitrogens is 1. The number of ether oxygens (including phenoxy) is 1. The number of benzene rings is 1. The van der Waals surface area contributed by atoms with Gasteiger partial charge in [0.1, 0.15) is 10.6 Å². The Morgan fingerprint density at radius 3 is 2.69 bits per heavy atom. The van der Waals surface area contributed by atoms with E-state index >= 15 is 0 Å². The number of nitrogens with one attached hydrogen (secondary N) is 1. The standard InChI is InChI=1S/C19H23N3O3S/c1-4-21(5-2)9-10-22-18(23)16-15(12-26-17(16)20-19(22)24)13-7-6-8-14(11-13)25-3/h6-8,11-12H,4-5,9-10H2,1-3H3,(H,20,24). The summed E-state index contributed by atoms with van der Waals surface area (Å²) in [7, 11) is 1.61. The lowest BCUT2D eigenvalue weighted by molar-refractivity contribution is 0.287. The highest BCUT2D eigenvalue weighted by molar-refractivity contribution is 7.17. The van der Waals surface area contributed by atoms with E-state index in [1.54, 1.807) is 7.11 Å². The van der Waals surface area contributed by atoms with E-state index in [0.29, 0.717) is 23.3 Å². The predicted molar refractivity (Wildman–Crippen MR) is 106 cm³/mol. The smallest absolute Gasteiger partial charge is 0.329 e. The molecule has 0 aliphatic carbocycles. The summed E-state index contributed by atoms with van der Waals surface area (Å²) in [5, 5.41) is 2.47. The molecule has 0 saturated heterocycles. The Morgan fingerprint density at radius 1 is 1.23 bits per heavy atom. The van der Waals surface area contributed by atoms with Gasteiger partial charge in [0.25, 0.3) is 5.56 Å². The molecule has 26 heavy (non-hydrogen) atoms. The Bertz CT molecular complexity index is 1010. The Kier molecular flexibility index (Phi) is 5.58. The SMILES string of the molecule is CCN(CC)CCn1c(=O)[nH]c2scc(-c3cccc(OC)c3)c2c1=O. The number of thiophene rings is 1. The molecule has 1 N–H and O–H groups in total. The van der Waals surface area contributed by atoms with Gasteiger partial charge in [-0.3, -0.25) is 14.3 Å². The highest BCUT2D eigenvalue weighted by Gasteiger charge is 2.15. The van der Waals surface area contributed by atoms with Crippen molar-refractivity contribution >= 4 is 21.6 Å². The zero-order valence-electron chi connectivity index (χ0n) is 15.2. The molecule has 0 aliphatic heterocycles. The van der Waals surface area contributed by atoms with E-state index in [1.165, 1.54) is 15.9 Å². The summed E-state index contributed by atoms with van der Waals surface area (Å²) >= 11 is 1.37. The van der Waals surface area contributed by atoms with Crippen LogP contribution in [0.25, 0.3) is 21.3 Å². The first-order chi connectivity index (χ1) is 12.6. The van der Waals surface area contributed by atoms with Crippen molar-refractivity contribution in [3.8, 4) is 16.9 Å². The average Bonchev–Trinajstić information content (AvgIpc) is 3.08. The topological polar surface area (TPSA) is 67.3 Å². The van der Waals surface area contributed by atoms with Crippen molar-refractivity contribution in [2.45, 2.75) is 20.4 Å². The molecule has 0 atom stereocenters. The van der Waals surface area contributed by atoms with Crippen LogP contribution in [0.4, 0.5) is 0 Å². The molecule has 138 valence electrons. The lowest BCUT2D eigenvalue weighted by Crippen LogP contribution is -2.39. The molecule has 0 spiro atoms. The minimum absolute atomic E-state index is 0.241. The van der Waals surface area contributed by atoms with E-state index in [2.05, 4.69) is 23.7 Å². The van der Waals surface area contributed by atoms with Gasteiger partial charge >= 0.3 is 5.69 Å². The van der Waals surface area contributed by atoms with Crippen molar-refractivity contribution in [1.82, 2.24) is 14.5 Å². The van der Waals surface area contributed by atoms with Crippen molar-refractivity contribution in [1.29, 1.82) is 0 Å². The van der Waals surface area contributed by atoms with Crippen LogP contribution < -0.4 is 16.0 Å². The lowest BCUT2D eigenvalue weighted by Gasteiger charge is -2.18. The molecule has 0 amide bonds. The predicted octanol–water partition coefficient (Wildman–Crippen LogP) is 2.77. The van der Waals surface area contributed by atoms with Gasteiger partial charge in [-0.2, -0.15) is 0 Å². The van der Waals surface area contributed by atoms with Gasteiger partial charge in [-0.1, -0.05) is 26.0 Å². The van der Waals surface area contributed by atoms with Crippen LogP contribution in [0.2, 0.25) is 0 Å². The molecule has 2 aromatic heterocycles. The Hall–Kier alpha value is -2.38. The van der Waals surface area contributed by atoms with Crippen LogP contribution in [0.1, 0.15) is 13.8 Å². The molecule has 7 heteroatoms. The van der Waals surface area contributed by atoms with Gasteiger partial charge in [0.15, 0.2) is 0 Å². The lowest BCUT2D eigenvalue weighted by atomic mass is 10.1. The van der Waals surface area contributed by atoms with Gasteiger partial charge in [-0.15, -0.1) is 11.3 Å². The first-order valence-electron chi connectivity index (χ1n) is 8.70. The second kappa shape index (κ2) is 7.88. The summed E-state index contributed by atoms with van der Waals surface area (Å²) in [6, 6.07) is 7.59. The number of likely N-dealkylation sites (N-methyl/N-ethyl adjacent to an activating group) is 1. The molecule has 0 radical (unpaired) electrons. The molecular formula is C19H23N3O3S. The van der Waals surface area contributed by atoms with Crippen molar-refractivity contribution < 1.29 is 4.74 Å². The fourth-order valence-corrected chi connectivity index (χ4v) is 3.99. The minimum Gasteiger partial charge on any atom is -0.497 e. The first-order valence-corrected chi connectivity index (χ1v) is 9.58. The number of rotatable bonds is 7. The van der Waals surface area contributed by atoms with Gasteiger partial charge in [0, 0.05) is 24.0 Å². The van der Waals surface area contributed by atoms with Crippen LogP contribution >= 0.6 is 11.3 Å². The summed E-state index contributed by atoms with van der Waals surface area (Å²) in [6.07, 6.45) is 0. The zero-order chi connectivity index (χ0) is 18.7. The van der Waals surface area contributed by atoms with Gasteiger partial charge in [-0.05, 0) is 30.8 Å². The molecule has 0 saturated carbocycles. The Morgan fingerprint density at radius 2 is 2.00 bits per heavy atom. The maximum atomic E-state index is 13.0. The average molecular weight is 373 g/mol. The van der Waals surface area contributed by atoms with E-state index in [1.807, 2.05) is 29.6 Å². The van der Waals surface area contributed by atoms with Crippen molar-refractivity contribution in [2.75, 3.05) is 26.7 Å². The normalized spacial score (nSPS) is 11.4. The highest BCUT2D eigenvalue weighted by Crippen LogP contribution is 2.31. The van der Waals surface area contributed by atoms with Gasteiger partial charge in [-0.25, -0.2) is 4.79 Å². The largest absolute Gasteiger partial charge is 0.497 e. The van der Waals surface area contributed by atoms with E-state index in [4.69, 9.17) is 4.74 Å². The zero-order valence-corrected chi connectivity index (χ0v) is 16.1. The van der Waals surface area contributed by atoms with E-state index in [-0.39, 0.29) is 11.2 Å².